The summed E-state index contributed by atoms with van der Waals surface area (Å²) in [6.45, 7) is 1.21. The number of carbonyl (C=O) groups is 1. The molecule has 2 heterocycles. The van der Waals surface area contributed by atoms with Gasteiger partial charge in [0.2, 0.25) is 5.82 Å². The SMILES string of the molecule is Cn1cnc(C(=O)N2CCC(c3ccccc3F)CC2)n1. The molecule has 21 heavy (non-hydrogen) atoms. The Balaban J connectivity index is 1.65. The number of hydrogen-bond acceptors (Lipinski definition) is 3. The van der Waals surface area contributed by atoms with Crippen LogP contribution in [-0.2, 0) is 7.05 Å². The molecule has 0 spiro atoms. The van der Waals surface area contributed by atoms with Crippen LogP contribution in [0.15, 0.2) is 30.6 Å². The molecular weight excluding hydrogens is 271 g/mol. The number of aromatic nitrogens is 3. The number of halogens is 1. The smallest absolute Gasteiger partial charge is 0.293 e. The maximum Gasteiger partial charge on any atom is 0.293 e. The Hall–Kier alpha value is -2.24. The van der Waals surface area contributed by atoms with Crippen LogP contribution in [0.2, 0.25) is 0 Å². The fourth-order valence-electron chi connectivity index (χ4n) is 2.78. The van der Waals surface area contributed by atoms with Gasteiger partial charge in [-0.1, -0.05) is 18.2 Å². The second-order valence-electron chi connectivity index (χ2n) is 5.33. The van der Waals surface area contributed by atoms with E-state index in [0.717, 1.165) is 18.4 Å². The summed E-state index contributed by atoms with van der Waals surface area (Å²) in [5, 5.41) is 4.03. The van der Waals surface area contributed by atoms with E-state index in [1.165, 1.54) is 17.1 Å². The average molecular weight is 288 g/mol. The highest BCUT2D eigenvalue weighted by Crippen LogP contribution is 2.29. The predicted octanol–water partition coefficient (Wildman–Crippen LogP) is 1.97. The second kappa shape index (κ2) is 5.63. The van der Waals surface area contributed by atoms with E-state index >= 15 is 0 Å². The molecule has 1 aromatic carbocycles. The number of nitrogens with zero attached hydrogens (tertiary/aromatic N) is 4. The number of aryl methyl sites for hydroxylation is 1. The van der Waals surface area contributed by atoms with Crippen molar-refractivity contribution in [2.75, 3.05) is 13.1 Å². The van der Waals surface area contributed by atoms with Crippen LogP contribution in [0.4, 0.5) is 4.39 Å². The highest BCUT2D eigenvalue weighted by atomic mass is 19.1. The first-order chi connectivity index (χ1) is 10.1. The van der Waals surface area contributed by atoms with E-state index in [-0.39, 0.29) is 23.5 Å². The minimum Gasteiger partial charge on any atom is -0.336 e. The minimum absolute atomic E-state index is 0.150. The molecule has 6 heteroatoms. The van der Waals surface area contributed by atoms with Gasteiger partial charge in [-0.2, -0.15) is 0 Å². The molecule has 5 nitrogen and oxygen atoms in total. The monoisotopic (exact) mass is 288 g/mol. The summed E-state index contributed by atoms with van der Waals surface area (Å²) < 4.78 is 15.3. The number of rotatable bonds is 2. The molecule has 1 aliphatic heterocycles. The lowest BCUT2D eigenvalue weighted by Gasteiger charge is -2.31. The zero-order valence-corrected chi connectivity index (χ0v) is 11.9. The van der Waals surface area contributed by atoms with Crippen LogP contribution >= 0.6 is 0 Å². The molecular formula is C15H17FN4O. The summed E-state index contributed by atoms with van der Waals surface area (Å²) in [5.41, 5.74) is 0.751. The van der Waals surface area contributed by atoms with E-state index in [1.807, 2.05) is 12.1 Å². The second-order valence-corrected chi connectivity index (χ2v) is 5.33. The standard InChI is InChI=1S/C15H17FN4O/c1-19-10-17-14(18-19)15(21)20-8-6-11(7-9-20)12-4-2-3-5-13(12)16/h2-5,10-11H,6-9H2,1H3. The molecule has 0 atom stereocenters. The largest absolute Gasteiger partial charge is 0.336 e. The lowest BCUT2D eigenvalue weighted by molar-refractivity contribution is 0.0700. The summed E-state index contributed by atoms with van der Waals surface area (Å²) in [6, 6.07) is 6.88. The molecule has 0 N–H and O–H groups in total. The molecule has 110 valence electrons. The van der Waals surface area contributed by atoms with Gasteiger partial charge in [-0.05, 0) is 30.4 Å². The number of amides is 1. The molecule has 3 rings (SSSR count). The van der Waals surface area contributed by atoms with Gasteiger partial charge in [0.25, 0.3) is 5.91 Å². The molecule has 1 fully saturated rings. The highest BCUT2D eigenvalue weighted by molar-refractivity contribution is 5.90. The average Bonchev–Trinajstić information content (AvgIpc) is 2.94. The van der Waals surface area contributed by atoms with Crippen LogP contribution in [0, 0.1) is 5.82 Å². The molecule has 2 aromatic rings. The number of likely N-dealkylation sites (tertiary alicyclic amines) is 1. The Labute approximate surface area is 122 Å². The quantitative estimate of drug-likeness (QED) is 0.849. The van der Waals surface area contributed by atoms with Gasteiger partial charge in [0.15, 0.2) is 0 Å². The number of benzene rings is 1. The summed E-state index contributed by atoms with van der Waals surface area (Å²) >= 11 is 0. The Morgan fingerprint density at radius 3 is 2.62 bits per heavy atom. The third-order valence-electron chi connectivity index (χ3n) is 3.92. The zero-order chi connectivity index (χ0) is 14.8. The first-order valence-electron chi connectivity index (χ1n) is 7.04. The van der Waals surface area contributed by atoms with Crippen molar-refractivity contribution >= 4 is 5.91 Å². The van der Waals surface area contributed by atoms with Crippen molar-refractivity contribution in [2.24, 2.45) is 7.05 Å². The van der Waals surface area contributed by atoms with Crippen molar-refractivity contribution < 1.29 is 9.18 Å². The van der Waals surface area contributed by atoms with Gasteiger partial charge in [-0.15, -0.1) is 5.10 Å². The lowest BCUT2D eigenvalue weighted by atomic mass is 9.89. The van der Waals surface area contributed by atoms with Gasteiger partial charge in [0.1, 0.15) is 12.1 Å². The molecule has 0 unspecified atom stereocenters. The van der Waals surface area contributed by atoms with E-state index in [0.29, 0.717) is 13.1 Å². The van der Waals surface area contributed by atoms with E-state index in [4.69, 9.17) is 0 Å². The van der Waals surface area contributed by atoms with Crippen molar-refractivity contribution in [3.8, 4) is 0 Å². The molecule has 0 saturated carbocycles. The van der Waals surface area contributed by atoms with Crippen molar-refractivity contribution in [1.29, 1.82) is 0 Å². The maximum absolute atomic E-state index is 13.8. The van der Waals surface area contributed by atoms with Crippen LogP contribution in [0.5, 0.6) is 0 Å². The van der Waals surface area contributed by atoms with Gasteiger partial charge in [0.05, 0.1) is 0 Å². The summed E-state index contributed by atoms with van der Waals surface area (Å²) in [6.07, 6.45) is 3.04. The molecule has 0 radical (unpaired) electrons. The van der Waals surface area contributed by atoms with Gasteiger partial charge in [0, 0.05) is 20.1 Å². The topological polar surface area (TPSA) is 51.0 Å². The predicted molar refractivity (Wildman–Crippen MR) is 75.3 cm³/mol. The van der Waals surface area contributed by atoms with Gasteiger partial charge in [-0.3, -0.25) is 9.48 Å². The first-order valence-corrected chi connectivity index (χ1v) is 7.04. The summed E-state index contributed by atoms with van der Waals surface area (Å²) in [4.78, 5) is 18.0. The van der Waals surface area contributed by atoms with Crippen LogP contribution < -0.4 is 0 Å². The number of carbonyl (C=O) groups excluding carboxylic acids is 1. The summed E-state index contributed by atoms with van der Waals surface area (Å²) in [5.74, 6) is 0.0880. The van der Waals surface area contributed by atoms with Crippen molar-refractivity contribution in [3.05, 3.63) is 47.8 Å². The maximum atomic E-state index is 13.8. The normalized spacial score (nSPS) is 16.2. The Kier molecular flexibility index (Phi) is 3.68. The minimum atomic E-state index is -0.159. The van der Waals surface area contributed by atoms with E-state index in [9.17, 15) is 9.18 Å². The Bertz CT molecular complexity index is 647. The fourth-order valence-corrected chi connectivity index (χ4v) is 2.78. The highest BCUT2D eigenvalue weighted by Gasteiger charge is 2.27. The molecule has 1 aromatic heterocycles. The third-order valence-corrected chi connectivity index (χ3v) is 3.92. The van der Waals surface area contributed by atoms with Crippen molar-refractivity contribution in [3.63, 3.8) is 0 Å². The Morgan fingerprint density at radius 2 is 2.00 bits per heavy atom. The molecule has 1 aliphatic rings. The number of hydrogen-bond donors (Lipinski definition) is 0. The van der Waals surface area contributed by atoms with E-state index < -0.39 is 0 Å². The van der Waals surface area contributed by atoms with Gasteiger partial charge in [-0.25, -0.2) is 9.37 Å². The summed E-state index contributed by atoms with van der Waals surface area (Å²) in [7, 11) is 1.73. The fraction of sp³-hybridized carbons (Fsp3) is 0.400. The van der Waals surface area contributed by atoms with E-state index in [1.54, 1.807) is 18.0 Å². The van der Waals surface area contributed by atoms with Crippen LogP contribution in [0.1, 0.15) is 34.9 Å². The van der Waals surface area contributed by atoms with Gasteiger partial charge < -0.3 is 4.90 Å². The van der Waals surface area contributed by atoms with E-state index in [2.05, 4.69) is 10.1 Å². The number of piperidine rings is 1. The third kappa shape index (κ3) is 2.79. The van der Waals surface area contributed by atoms with Crippen molar-refractivity contribution in [1.82, 2.24) is 19.7 Å². The Morgan fingerprint density at radius 1 is 1.29 bits per heavy atom. The van der Waals surface area contributed by atoms with Crippen LogP contribution in [0.25, 0.3) is 0 Å². The molecule has 1 amide bonds. The van der Waals surface area contributed by atoms with Crippen LogP contribution in [-0.4, -0.2) is 38.7 Å². The lowest BCUT2D eigenvalue weighted by Crippen LogP contribution is -2.38. The molecule has 0 bridgehead atoms. The first kappa shape index (κ1) is 13.7. The van der Waals surface area contributed by atoms with Gasteiger partial charge >= 0.3 is 0 Å². The molecule has 0 aliphatic carbocycles. The zero-order valence-electron chi connectivity index (χ0n) is 11.9. The molecule has 1 saturated heterocycles. The van der Waals surface area contributed by atoms with Crippen LogP contribution in [0.3, 0.4) is 0 Å². The van der Waals surface area contributed by atoms with Crippen molar-refractivity contribution in [2.45, 2.75) is 18.8 Å².